The monoisotopic (exact) mass is 160 g/mol. The molecule has 1 aliphatic rings. The molecule has 0 amide bonds. The van der Waals surface area contributed by atoms with Gasteiger partial charge in [-0.2, -0.15) is 13.2 Å². The van der Waals surface area contributed by atoms with Gasteiger partial charge >= 0.3 is 6.18 Å². The molecule has 0 heterocycles. The molecule has 0 saturated carbocycles. The van der Waals surface area contributed by atoms with E-state index in [1.165, 1.54) is 6.08 Å². The van der Waals surface area contributed by atoms with Gasteiger partial charge in [0, 0.05) is 0 Å². The van der Waals surface area contributed by atoms with Gasteiger partial charge in [-0.25, -0.2) is 0 Å². The third-order valence-corrected chi connectivity index (χ3v) is 1.43. The van der Waals surface area contributed by atoms with Crippen LogP contribution in [-0.2, 0) is 0 Å². The number of rotatable bonds is 0. The van der Waals surface area contributed by atoms with Gasteiger partial charge in [-0.3, -0.25) is 0 Å². The van der Waals surface area contributed by atoms with Crippen LogP contribution in [0, 0.1) is 0 Å². The fourth-order valence-electron chi connectivity index (χ4n) is 0.779. The molecule has 0 unspecified atom stereocenters. The first kappa shape index (κ1) is 8.15. The third-order valence-electron chi connectivity index (χ3n) is 1.43. The van der Waals surface area contributed by atoms with Gasteiger partial charge in [-0.1, -0.05) is 6.08 Å². The van der Waals surface area contributed by atoms with Crippen molar-refractivity contribution in [2.24, 2.45) is 0 Å². The van der Waals surface area contributed by atoms with Gasteiger partial charge in [-0.05, 0) is 25.0 Å². The topological polar surface area (TPSA) is 0 Å². The fraction of sp³-hybridized carbons (Fsp3) is 0.375. The van der Waals surface area contributed by atoms with Crippen LogP contribution in [0.2, 0.25) is 0 Å². The normalized spacial score (nSPS) is 17.8. The summed E-state index contributed by atoms with van der Waals surface area (Å²) in [5, 5.41) is 0. The Hall–Kier alpha value is -0.950. The molecule has 0 radical (unpaired) electrons. The van der Waals surface area contributed by atoms with E-state index in [0.29, 0.717) is 6.42 Å². The van der Waals surface area contributed by atoms with Crippen LogP contribution in [0.4, 0.5) is 13.2 Å². The quantitative estimate of drug-likeness (QED) is 0.478. The Labute approximate surface area is 62.7 Å². The number of allylic oxidation sites excluding steroid dienone is 3. The fourth-order valence-corrected chi connectivity index (χ4v) is 0.779. The molecule has 11 heavy (non-hydrogen) atoms. The predicted molar refractivity (Wildman–Crippen MR) is 36.0 cm³/mol. The van der Waals surface area contributed by atoms with Crippen molar-refractivity contribution >= 4 is 0 Å². The minimum atomic E-state index is -4.21. The van der Waals surface area contributed by atoms with Crippen molar-refractivity contribution in [2.45, 2.75) is 19.5 Å². The summed E-state index contributed by atoms with van der Waals surface area (Å²) in [4.78, 5) is 0. The highest BCUT2D eigenvalue weighted by Crippen LogP contribution is 2.28. The third kappa shape index (κ3) is 1.99. The van der Waals surface area contributed by atoms with E-state index in [1.807, 2.05) is 0 Å². The Bertz CT molecular complexity index is 249. The van der Waals surface area contributed by atoms with Crippen LogP contribution in [0.5, 0.6) is 0 Å². The molecule has 0 aromatic rings. The second kappa shape index (κ2) is 2.59. The van der Waals surface area contributed by atoms with Gasteiger partial charge in [0.25, 0.3) is 0 Å². The first-order valence-corrected chi connectivity index (χ1v) is 3.19. The van der Waals surface area contributed by atoms with Crippen molar-refractivity contribution in [2.75, 3.05) is 0 Å². The van der Waals surface area contributed by atoms with Gasteiger partial charge in [0.05, 0.1) is 5.57 Å². The minimum absolute atomic E-state index is 0.353. The van der Waals surface area contributed by atoms with E-state index in [2.05, 4.69) is 5.73 Å². The van der Waals surface area contributed by atoms with Crippen LogP contribution < -0.4 is 0 Å². The molecular formula is C8H7F3. The lowest BCUT2D eigenvalue weighted by atomic mass is 10.1. The molecule has 0 saturated heterocycles. The molecule has 1 rings (SSSR count). The average Bonchev–Trinajstić information content (AvgIpc) is 1.86. The van der Waals surface area contributed by atoms with Crippen LogP contribution in [0.25, 0.3) is 0 Å². The zero-order valence-electron chi connectivity index (χ0n) is 6.00. The smallest absolute Gasteiger partial charge is 0.166 e. The molecule has 0 aromatic carbocycles. The zero-order chi connectivity index (χ0) is 8.48. The summed E-state index contributed by atoms with van der Waals surface area (Å²) in [5.41, 5.74) is 2.78. The second-order valence-electron chi connectivity index (χ2n) is 2.43. The van der Waals surface area contributed by atoms with Crippen molar-refractivity contribution in [3.05, 3.63) is 29.0 Å². The van der Waals surface area contributed by atoms with E-state index in [1.54, 1.807) is 6.92 Å². The van der Waals surface area contributed by atoms with Crippen LogP contribution in [-0.4, -0.2) is 6.18 Å². The number of hydrogen-bond acceptors (Lipinski definition) is 0. The van der Waals surface area contributed by atoms with Gasteiger partial charge in [0.15, 0.2) is 0 Å². The Balaban J connectivity index is 2.89. The van der Waals surface area contributed by atoms with Crippen LogP contribution in [0.3, 0.4) is 0 Å². The molecule has 1 aliphatic carbocycles. The van der Waals surface area contributed by atoms with Crippen molar-refractivity contribution in [3.8, 4) is 0 Å². The highest BCUT2D eigenvalue weighted by atomic mass is 19.4. The van der Waals surface area contributed by atoms with Gasteiger partial charge in [0.2, 0.25) is 0 Å². The van der Waals surface area contributed by atoms with Crippen molar-refractivity contribution in [3.63, 3.8) is 0 Å². The molecule has 3 heteroatoms. The lowest BCUT2D eigenvalue weighted by Crippen LogP contribution is -2.10. The summed E-state index contributed by atoms with van der Waals surface area (Å²) >= 11 is 0. The van der Waals surface area contributed by atoms with Gasteiger partial charge in [-0.15, -0.1) is 5.73 Å². The Morgan fingerprint density at radius 2 is 2.09 bits per heavy atom. The number of alkyl halides is 3. The maximum Gasteiger partial charge on any atom is 0.416 e. The van der Waals surface area contributed by atoms with Gasteiger partial charge < -0.3 is 0 Å². The van der Waals surface area contributed by atoms with Crippen LogP contribution in [0.1, 0.15) is 13.3 Å². The van der Waals surface area contributed by atoms with E-state index < -0.39 is 11.7 Å². The lowest BCUT2D eigenvalue weighted by molar-refractivity contribution is -0.0884. The predicted octanol–water partition coefficient (Wildman–Crippen LogP) is 2.98. The van der Waals surface area contributed by atoms with E-state index >= 15 is 0 Å². The lowest BCUT2D eigenvalue weighted by Gasteiger charge is -2.08. The molecule has 0 aliphatic heterocycles. The highest BCUT2D eigenvalue weighted by molar-refractivity contribution is 5.29. The molecule has 0 atom stereocenters. The summed E-state index contributed by atoms with van der Waals surface area (Å²) in [7, 11) is 0. The summed E-state index contributed by atoms with van der Waals surface area (Å²) in [5.74, 6) is 0. The zero-order valence-corrected chi connectivity index (χ0v) is 6.00. The maximum absolute atomic E-state index is 11.9. The standard InChI is InChI=1S/C8H7F3/c1-6-2-4-7(5-3-6)8(9,10)11/h4-5H,2H2,1H3. The molecule has 0 bridgehead atoms. The first-order chi connectivity index (χ1) is 5.00. The van der Waals surface area contributed by atoms with Crippen molar-refractivity contribution in [1.29, 1.82) is 0 Å². The van der Waals surface area contributed by atoms with Crippen molar-refractivity contribution in [1.82, 2.24) is 0 Å². The molecule has 0 fully saturated rings. The Kier molecular flexibility index (Phi) is 1.92. The number of hydrogen-bond donors (Lipinski definition) is 0. The molecule has 0 spiro atoms. The minimum Gasteiger partial charge on any atom is -0.166 e. The molecule has 60 valence electrons. The van der Waals surface area contributed by atoms with E-state index in [4.69, 9.17) is 0 Å². The highest BCUT2D eigenvalue weighted by Gasteiger charge is 2.31. The Morgan fingerprint density at radius 1 is 1.45 bits per heavy atom. The molecular weight excluding hydrogens is 153 g/mol. The second-order valence-corrected chi connectivity index (χ2v) is 2.43. The molecule has 0 nitrogen and oxygen atoms in total. The molecule has 0 N–H and O–H groups in total. The molecule has 0 aromatic heterocycles. The Morgan fingerprint density at radius 3 is 2.45 bits per heavy atom. The summed E-state index contributed by atoms with van der Waals surface area (Å²) in [6.07, 6.45) is -1.70. The van der Waals surface area contributed by atoms with Gasteiger partial charge in [0.1, 0.15) is 0 Å². The SMILES string of the molecule is CC1=C=CC(C(F)(F)F)=CC1. The van der Waals surface area contributed by atoms with E-state index in [9.17, 15) is 13.2 Å². The summed E-state index contributed by atoms with van der Waals surface area (Å²) < 4.78 is 35.8. The van der Waals surface area contributed by atoms with Crippen LogP contribution in [0.15, 0.2) is 29.0 Å². The summed E-state index contributed by atoms with van der Waals surface area (Å²) in [6, 6.07) is 0. The van der Waals surface area contributed by atoms with E-state index in [0.717, 1.165) is 11.6 Å². The van der Waals surface area contributed by atoms with Crippen LogP contribution >= 0.6 is 0 Å². The maximum atomic E-state index is 11.9. The largest absolute Gasteiger partial charge is 0.416 e. The number of halogens is 3. The average molecular weight is 160 g/mol. The van der Waals surface area contributed by atoms with Crippen molar-refractivity contribution < 1.29 is 13.2 Å². The first-order valence-electron chi connectivity index (χ1n) is 3.19. The summed E-state index contributed by atoms with van der Waals surface area (Å²) in [6.45, 7) is 1.75. The van der Waals surface area contributed by atoms with E-state index in [-0.39, 0.29) is 0 Å².